The van der Waals surface area contributed by atoms with Gasteiger partial charge in [-0.25, -0.2) is 9.69 Å². The van der Waals surface area contributed by atoms with E-state index in [9.17, 15) is 14.4 Å². The molecule has 1 atom stereocenters. The zero-order valence-corrected chi connectivity index (χ0v) is 17.8. The van der Waals surface area contributed by atoms with Crippen LogP contribution in [0, 0.1) is 5.92 Å². The van der Waals surface area contributed by atoms with Crippen molar-refractivity contribution in [2.45, 2.75) is 31.7 Å². The number of carbonyl (C=O) groups is 3. The maximum atomic E-state index is 13.3. The molecule has 0 spiro atoms. The van der Waals surface area contributed by atoms with E-state index in [1.807, 2.05) is 9.80 Å². The van der Waals surface area contributed by atoms with Gasteiger partial charge in [-0.2, -0.15) is 0 Å². The van der Waals surface area contributed by atoms with Gasteiger partial charge < -0.3 is 19.7 Å². The second-order valence-electron chi connectivity index (χ2n) is 8.86. The normalized spacial score (nSPS) is 26.6. The van der Waals surface area contributed by atoms with Crippen molar-refractivity contribution in [2.24, 2.45) is 5.92 Å². The summed E-state index contributed by atoms with van der Waals surface area (Å²) in [6.07, 6.45) is 2.80. The Bertz CT molecular complexity index is 909. The zero-order valence-electron chi connectivity index (χ0n) is 17.8. The second-order valence-corrected chi connectivity index (χ2v) is 8.86. The van der Waals surface area contributed by atoms with Gasteiger partial charge in [0.05, 0.1) is 19.9 Å². The van der Waals surface area contributed by atoms with Gasteiger partial charge in [-0.1, -0.05) is 6.07 Å². The van der Waals surface area contributed by atoms with E-state index in [0.717, 1.165) is 19.3 Å². The standard InChI is InChI=1S/C22H28N4O5/c1-22(16-5-6-17-18(13-16)31-12-2-11-30-17)20(28)26(21(29)23-22)14-24-7-9-25(10-8-24)19(27)15-3-4-15/h5-6,13,15H,2-4,7-12,14H2,1H3,(H,23,29). The highest BCUT2D eigenvalue weighted by molar-refractivity contribution is 6.07. The molecule has 9 heteroatoms. The van der Waals surface area contributed by atoms with Crippen LogP contribution in [0.3, 0.4) is 0 Å². The van der Waals surface area contributed by atoms with E-state index in [1.165, 1.54) is 4.90 Å². The molecule has 0 bridgehead atoms. The van der Waals surface area contributed by atoms with Gasteiger partial charge in [0.1, 0.15) is 5.54 Å². The van der Waals surface area contributed by atoms with Crippen molar-refractivity contribution in [3.05, 3.63) is 23.8 Å². The summed E-state index contributed by atoms with van der Waals surface area (Å²) in [5, 5.41) is 2.86. The molecule has 3 heterocycles. The van der Waals surface area contributed by atoms with E-state index >= 15 is 0 Å². The molecule has 1 aliphatic carbocycles. The number of amides is 4. The van der Waals surface area contributed by atoms with Crippen molar-refractivity contribution in [3.63, 3.8) is 0 Å². The van der Waals surface area contributed by atoms with Crippen LogP contribution in [-0.2, 0) is 15.1 Å². The third-order valence-corrected chi connectivity index (χ3v) is 6.55. The Morgan fingerprint density at radius 1 is 1.10 bits per heavy atom. The van der Waals surface area contributed by atoms with Gasteiger partial charge in [0.25, 0.3) is 5.91 Å². The number of nitrogens with zero attached hydrogens (tertiary/aromatic N) is 3. The molecule has 166 valence electrons. The maximum absolute atomic E-state index is 13.3. The average molecular weight is 428 g/mol. The molecular weight excluding hydrogens is 400 g/mol. The highest BCUT2D eigenvalue weighted by Crippen LogP contribution is 2.37. The fraction of sp³-hybridized carbons (Fsp3) is 0.591. The van der Waals surface area contributed by atoms with Crippen LogP contribution in [0.15, 0.2) is 18.2 Å². The summed E-state index contributed by atoms with van der Waals surface area (Å²) < 4.78 is 11.4. The van der Waals surface area contributed by atoms with Crippen LogP contribution in [0.5, 0.6) is 11.5 Å². The Hall–Kier alpha value is -2.81. The lowest BCUT2D eigenvalue weighted by molar-refractivity contribution is -0.137. The third-order valence-electron chi connectivity index (χ3n) is 6.55. The zero-order chi connectivity index (χ0) is 21.6. The predicted molar refractivity (Wildman–Crippen MR) is 111 cm³/mol. The van der Waals surface area contributed by atoms with E-state index in [4.69, 9.17) is 9.47 Å². The number of ether oxygens (including phenoxy) is 2. The minimum atomic E-state index is -1.16. The minimum Gasteiger partial charge on any atom is -0.490 e. The van der Waals surface area contributed by atoms with Crippen LogP contribution < -0.4 is 14.8 Å². The molecule has 1 aromatic rings. The second kappa shape index (κ2) is 7.71. The predicted octanol–water partition coefficient (Wildman–Crippen LogP) is 1.13. The molecule has 0 aromatic heterocycles. The van der Waals surface area contributed by atoms with Crippen molar-refractivity contribution < 1.29 is 23.9 Å². The van der Waals surface area contributed by atoms with Crippen LogP contribution in [0.4, 0.5) is 4.79 Å². The maximum Gasteiger partial charge on any atom is 0.326 e. The SMILES string of the molecule is CC1(c2ccc3c(c2)OCCCO3)NC(=O)N(CN2CCN(C(=O)C3CC3)CC2)C1=O. The number of benzene rings is 1. The molecule has 4 aliphatic rings. The van der Waals surface area contributed by atoms with Crippen molar-refractivity contribution in [1.82, 2.24) is 20.0 Å². The number of rotatable bonds is 4. The number of hydrogen-bond acceptors (Lipinski definition) is 6. The molecule has 3 fully saturated rings. The molecule has 1 aromatic carbocycles. The highest BCUT2D eigenvalue weighted by atomic mass is 16.5. The Labute approximate surface area is 181 Å². The van der Waals surface area contributed by atoms with Gasteiger partial charge in [0.2, 0.25) is 5.91 Å². The van der Waals surface area contributed by atoms with Gasteiger partial charge in [0.15, 0.2) is 11.5 Å². The quantitative estimate of drug-likeness (QED) is 0.723. The van der Waals surface area contributed by atoms with Crippen LogP contribution >= 0.6 is 0 Å². The Balaban J connectivity index is 1.26. The highest BCUT2D eigenvalue weighted by Gasteiger charge is 2.50. The van der Waals surface area contributed by atoms with Crippen molar-refractivity contribution in [2.75, 3.05) is 46.1 Å². The molecule has 9 nitrogen and oxygen atoms in total. The van der Waals surface area contributed by atoms with Crippen molar-refractivity contribution >= 4 is 17.8 Å². The largest absolute Gasteiger partial charge is 0.490 e. The molecule has 3 aliphatic heterocycles. The lowest BCUT2D eigenvalue weighted by atomic mass is 9.91. The smallest absolute Gasteiger partial charge is 0.326 e. The van der Waals surface area contributed by atoms with Crippen molar-refractivity contribution in [3.8, 4) is 11.5 Å². The molecule has 1 saturated carbocycles. The summed E-state index contributed by atoms with van der Waals surface area (Å²) in [5.74, 6) is 1.42. The number of piperazine rings is 1. The van der Waals surface area contributed by atoms with E-state index in [2.05, 4.69) is 5.32 Å². The minimum absolute atomic E-state index is 0.216. The van der Waals surface area contributed by atoms with E-state index < -0.39 is 11.6 Å². The first-order chi connectivity index (χ1) is 15.0. The first-order valence-corrected chi connectivity index (χ1v) is 11.0. The first-order valence-electron chi connectivity index (χ1n) is 11.0. The molecule has 1 unspecified atom stereocenters. The van der Waals surface area contributed by atoms with Crippen molar-refractivity contribution in [1.29, 1.82) is 0 Å². The fourth-order valence-electron chi connectivity index (χ4n) is 4.39. The summed E-state index contributed by atoms with van der Waals surface area (Å²) in [6.45, 7) is 5.65. The molecule has 0 radical (unpaired) electrons. The number of nitrogens with one attached hydrogen (secondary N) is 1. The first kappa shape index (κ1) is 20.1. The monoisotopic (exact) mass is 428 g/mol. The van der Waals surface area contributed by atoms with Gasteiger partial charge in [-0.15, -0.1) is 0 Å². The lowest BCUT2D eigenvalue weighted by Gasteiger charge is -2.36. The Morgan fingerprint density at radius 3 is 2.52 bits per heavy atom. The summed E-state index contributed by atoms with van der Waals surface area (Å²) in [6, 6.07) is 4.97. The number of carbonyl (C=O) groups excluding carboxylic acids is 3. The van der Waals surface area contributed by atoms with Crippen LogP contribution in [0.25, 0.3) is 0 Å². The van der Waals surface area contributed by atoms with E-state index in [-0.39, 0.29) is 24.4 Å². The topological polar surface area (TPSA) is 91.4 Å². The third kappa shape index (κ3) is 3.71. The summed E-state index contributed by atoms with van der Waals surface area (Å²) in [4.78, 5) is 43.5. The number of imide groups is 1. The Kier molecular flexibility index (Phi) is 5.00. The molecular formula is C22H28N4O5. The molecule has 2 saturated heterocycles. The fourth-order valence-corrected chi connectivity index (χ4v) is 4.39. The molecule has 4 amide bonds. The van der Waals surface area contributed by atoms with E-state index in [0.29, 0.717) is 56.5 Å². The average Bonchev–Trinajstić information content (AvgIpc) is 3.61. The molecule has 1 N–H and O–H groups in total. The number of fused-ring (bicyclic) bond motifs is 1. The number of urea groups is 1. The summed E-state index contributed by atoms with van der Waals surface area (Å²) in [7, 11) is 0. The Morgan fingerprint density at radius 2 is 1.81 bits per heavy atom. The number of hydrogen-bond donors (Lipinski definition) is 1. The lowest BCUT2D eigenvalue weighted by Crippen LogP contribution is -2.53. The van der Waals surface area contributed by atoms with Gasteiger partial charge in [-0.05, 0) is 37.5 Å². The van der Waals surface area contributed by atoms with Gasteiger partial charge in [0, 0.05) is 38.5 Å². The molecule has 31 heavy (non-hydrogen) atoms. The van der Waals surface area contributed by atoms with Crippen LogP contribution in [-0.4, -0.2) is 78.6 Å². The van der Waals surface area contributed by atoms with Gasteiger partial charge in [-0.3, -0.25) is 14.5 Å². The van der Waals surface area contributed by atoms with Crippen LogP contribution in [0.1, 0.15) is 31.7 Å². The van der Waals surface area contributed by atoms with Crippen LogP contribution in [0.2, 0.25) is 0 Å². The van der Waals surface area contributed by atoms with Gasteiger partial charge >= 0.3 is 6.03 Å². The summed E-state index contributed by atoms with van der Waals surface area (Å²) in [5.41, 5.74) is -0.497. The summed E-state index contributed by atoms with van der Waals surface area (Å²) >= 11 is 0. The molecule has 5 rings (SSSR count). The van der Waals surface area contributed by atoms with E-state index in [1.54, 1.807) is 25.1 Å².